The minimum Gasteiger partial charge on any atom is -0.412 e. The van der Waals surface area contributed by atoms with Gasteiger partial charge in [-0.1, -0.05) is 0 Å². The van der Waals surface area contributed by atoms with Gasteiger partial charge in [-0.25, -0.2) is 4.98 Å². The fourth-order valence-corrected chi connectivity index (χ4v) is 3.53. The van der Waals surface area contributed by atoms with Crippen molar-refractivity contribution >= 4 is 29.0 Å². The number of aromatic nitrogens is 2. The SMILES string of the molecule is CNc1cnc(Nc2ccc(C(=O)NC(C)C)cc2C)nc1N(C)C1CCOCC1.O.[HH].[HH]. The third-order valence-electron chi connectivity index (χ3n) is 5.27. The number of nitrogens with zero attached hydrogens (tertiary/aromatic N) is 3. The van der Waals surface area contributed by atoms with Gasteiger partial charge in [0.25, 0.3) is 5.91 Å². The molecule has 1 amide bonds. The van der Waals surface area contributed by atoms with Gasteiger partial charge in [-0.3, -0.25) is 4.79 Å². The van der Waals surface area contributed by atoms with E-state index in [1.165, 1.54) is 0 Å². The maximum Gasteiger partial charge on any atom is 0.251 e. The summed E-state index contributed by atoms with van der Waals surface area (Å²) in [5.41, 5.74) is 3.34. The van der Waals surface area contributed by atoms with Crippen LogP contribution in [0, 0.1) is 6.92 Å². The lowest BCUT2D eigenvalue weighted by molar-refractivity contribution is 0.0854. The Morgan fingerprint density at radius 2 is 1.97 bits per heavy atom. The Labute approximate surface area is 186 Å². The van der Waals surface area contributed by atoms with Crippen molar-refractivity contribution < 1.29 is 17.9 Å². The van der Waals surface area contributed by atoms with Crippen LogP contribution in [0.2, 0.25) is 0 Å². The van der Waals surface area contributed by atoms with Crippen LogP contribution in [-0.4, -0.2) is 60.7 Å². The lowest BCUT2D eigenvalue weighted by Crippen LogP contribution is -2.37. The summed E-state index contributed by atoms with van der Waals surface area (Å²) in [5, 5.41) is 9.39. The summed E-state index contributed by atoms with van der Waals surface area (Å²) in [6.07, 6.45) is 3.75. The molecule has 3 rings (SSSR count). The molecule has 0 aliphatic carbocycles. The first kappa shape index (κ1) is 24.4. The summed E-state index contributed by atoms with van der Waals surface area (Å²) in [5.74, 6) is 1.30. The number of hydrogen-bond donors (Lipinski definition) is 3. The molecule has 1 saturated heterocycles. The quantitative estimate of drug-likeness (QED) is 0.612. The second-order valence-corrected chi connectivity index (χ2v) is 7.92. The molecule has 31 heavy (non-hydrogen) atoms. The third kappa shape index (κ3) is 6.05. The van der Waals surface area contributed by atoms with Gasteiger partial charge < -0.3 is 31.1 Å². The van der Waals surface area contributed by atoms with Crippen molar-refractivity contribution in [3.63, 3.8) is 0 Å². The van der Waals surface area contributed by atoms with Gasteiger partial charge in [0.05, 0.1) is 11.9 Å². The topological polar surface area (TPSA) is 123 Å². The van der Waals surface area contributed by atoms with Gasteiger partial charge in [-0.05, 0) is 57.4 Å². The monoisotopic (exact) mass is 434 g/mol. The van der Waals surface area contributed by atoms with E-state index in [1.807, 2.05) is 46.0 Å². The number of carbonyl (C=O) groups is 1. The lowest BCUT2D eigenvalue weighted by atomic mass is 10.1. The summed E-state index contributed by atoms with van der Waals surface area (Å²) in [6, 6.07) is 6.05. The summed E-state index contributed by atoms with van der Waals surface area (Å²) in [4.78, 5) is 23.7. The molecule has 9 heteroatoms. The van der Waals surface area contributed by atoms with E-state index in [0.29, 0.717) is 17.6 Å². The summed E-state index contributed by atoms with van der Waals surface area (Å²) in [6.45, 7) is 7.40. The molecule has 1 fully saturated rings. The second-order valence-electron chi connectivity index (χ2n) is 7.92. The van der Waals surface area contributed by atoms with E-state index in [9.17, 15) is 4.79 Å². The molecule has 0 spiro atoms. The zero-order chi connectivity index (χ0) is 21.7. The number of rotatable bonds is 7. The Kier molecular flexibility index (Phi) is 8.58. The summed E-state index contributed by atoms with van der Waals surface area (Å²) < 4.78 is 5.49. The Balaban J connectivity index is 0.00000341. The fraction of sp³-hybridized carbons (Fsp3) is 0.500. The highest BCUT2D eigenvalue weighted by molar-refractivity contribution is 5.95. The van der Waals surface area contributed by atoms with Crippen molar-refractivity contribution in [2.75, 3.05) is 42.8 Å². The number of hydrogen-bond acceptors (Lipinski definition) is 7. The van der Waals surface area contributed by atoms with Crippen molar-refractivity contribution in [3.05, 3.63) is 35.5 Å². The van der Waals surface area contributed by atoms with Gasteiger partial charge in [0, 0.05) is 53.5 Å². The molecule has 1 aromatic heterocycles. The number of benzene rings is 1. The molecule has 2 heterocycles. The van der Waals surface area contributed by atoms with Crippen LogP contribution >= 0.6 is 0 Å². The van der Waals surface area contributed by atoms with Crippen molar-refractivity contribution in [1.82, 2.24) is 15.3 Å². The van der Waals surface area contributed by atoms with E-state index >= 15 is 0 Å². The maximum absolute atomic E-state index is 12.2. The molecule has 1 aromatic carbocycles. The average Bonchev–Trinajstić information content (AvgIpc) is 2.74. The lowest BCUT2D eigenvalue weighted by Gasteiger charge is -2.33. The molecule has 2 aromatic rings. The Bertz CT molecular complexity index is 894. The molecule has 0 unspecified atom stereocenters. The smallest absolute Gasteiger partial charge is 0.251 e. The molecular weight excluding hydrogens is 396 g/mol. The molecule has 9 nitrogen and oxygen atoms in total. The van der Waals surface area contributed by atoms with Gasteiger partial charge in [0.15, 0.2) is 5.82 Å². The Hall–Kier alpha value is -2.91. The van der Waals surface area contributed by atoms with E-state index < -0.39 is 0 Å². The number of amides is 1. The van der Waals surface area contributed by atoms with Gasteiger partial charge >= 0.3 is 0 Å². The molecule has 1 aliphatic rings. The molecule has 1 aliphatic heterocycles. The van der Waals surface area contributed by atoms with Crippen LogP contribution in [0.4, 0.5) is 23.1 Å². The van der Waals surface area contributed by atoms with Gasteiger partial charge in [0.2, 0.25) is 5.95 Å². The minimum absolute atomic E-state index is 0. The molecule has 0 bridgehead atoms. The zero-order valence-corrected chi connectivity index (χ0v) is 19.0. The standard InChI is InChI=1S/C22H32N6O2.H2O.2H2/c1-14(2)25-21(29)16-6-7-18(15(3)12-16)26-22-24-13-19(23-4)20(27-22)28(5)17-8-10-30-11-9-17;;;/h6-7,12-14,17,23H,8-11H2,1-5H3,(H,25,29)(H,24,26,27);1H2;2*1H. The molecule has 0 atom stereocenters. The third-order valence-corrected chi connectivity index (χ3v) is 5.27. The number of anilines is 4. The summed E-state index contributed by atoms with van der Waals surface area (Å²) >= 11 is 0. The Morgan fingerprint density at radius 3 is 2.58 bits per heavy atom. The largest absolute Gasteiger partial charge is 0.412 e. The van der Waals surface area contributed by atoms with Crippen LogP contribution in [0.25, 0.3) is 0 Å². The Morgan fingerprint density at radius 1 is 1.26 bits per heavy atom. The molecular formula is C22H38N6O3. The predicted octanol–water partition coefficient (Wildman–Crippen LogP) is 2.99. The van der Waals surface area contributed by atoms with E-state index in [2.05, 4.69) is 32.9 Å². The first-order chi connectivity index (χ1) is 14.4. The minimum atomic E-state index is -0.0744. The van der Waals surface area contributed by atoms with E-state index in [0.717, 1.165) is 48.8 Å². The summed E-state index contributed by atoms with van der Waals surface area (Å²) in [7, 11) is 3.94. The average molecular weight is 435 g/mol. The molecule has 5 N–H and O–H groups in total. The highest BCUT2D eigenvalue weighted by Crippen LogP contribution is 2.28. The molecule has 0 radical (unpaired) electrons. The second kappa shape index (κ2) is 10.9. The van der Waals surface area contributed by atoms with Crippen LogP contribution < -0.4 is 20.9 Å². The highest BCUT2D eigenvalue weighted by Gasteiger charge is 2.22. The van der Waals surface area contributed by atoms with Crippen molar-refractivity contribution in [2.45, 2.75) is 45.7 Å². The maximum atomic E-state index is 12.2. The molecule has 0 saturated carbocycles. The van der Waals surface area contributed by atoms with Crippen molar-refractivity contribution in [1.29, 1.82) is 0 Å². The van der Waals surface area contributed by atoms with Crippen LogP contribution in [0.3, 0.4) is 0 Å². The van der Waals surface area contributed by atoms with E-state index in [1.54, 1.807) is 6.20 Å². The zero-order valence-electron chi connectivity index (χ0n) is 19.0. The molecule has 174 valence electrons. The van der Waals surface area contributed by atoms with Crippen molar-refractivity contribution in [2.24, 2.45) is 0 Å². The number of carbonyl (C=O) groups excluding carboxylic acids is 1. The van der Waals surface area contributed by atoms with Crippen LogP contribution in [0.15, 0.2) is 24.4 Å². The van der Waals surface area contributed by atoms with E-state index in [-0.39, 0.29) is 20.3 Å². The van der Waals surface area contributed by atoms with Crippen LogP contribution in [-0.2, 0) is 4.74 Å². The predicted molar refractivity (Wildman–Crippen MR) is 129 cm³/mol. The number of aryl methyl sites for hydroxylation is 1. The van der Waals surface area contributed by atoms with E-state index in [4.69, 9.17) is 9.72 Å². The first-order valence-electron chi connectivity index (χ1n) is 10.4. The van der Waals surface area contributed by atoms with Crippen LogP contribution in [0.5, 0.6) is 0 Å². The fourth-order valence-electron chi connectivity index (χ4n) is 3.53. The number of ether oxygens (including phenoxy) is 1. The normalized spacial score (nSPS) is 14.0. The highest BCUT2D eigenvalue weighted by atomic mass is 16.5. The number of nitrogens with one attached hydrogen (secondary N) is 3. The van der Waals surface area contributed by atoms with Crippen LogP contribution in [0.1, 0.15) is 45.5 Å². The van der Waals surface area contributed by atoms with Gasteiger partial charge in [-0.15, -0.1) is 0 Å². The van der Waals surface area contributed by atoms with Gasteiger partial charge in [0.1, 0.15) is 0 Å². The first-order valence-corrected chi connectivity index (χ1v) is 10.4. The van der Waals surface area contributed by atoms with Crippen molar-refractivity contribution in [3.8, 4) is 0 Å². The van der Waals surface area contributed by atoms with Gasteiger partial charge in [-0.2, -0.15) is 4.98 Å².